The van der Waals surface area contributed by atoms with Crippen LogP contribution in [0.1, 0.15) is 36.8 Å². The zero-order valence-electron chi connectivity index (χ0n) is 11.0. The maximum absolute atomic E-state index is 12.0. The largest absolute Gasteiger partial charge is 0.508 e. The van der Waals surface area contributed by atoms with Crippen LogP contribution in [0.15, 0.2) is 18.2 Å². The molecule has 1 saturated carbocycles. The molecule has 0 radical (unpaired) electrons. The van der Waals surface area contributed by atoms with Crippen molar-refractivity contribution < 1.29 is 9.90 Å². The van der Waals surface area contributed by atoms with Crippen molar-refractivity contribution in [2.24, 2.45) is 5.92 Å². The first-order chi connectivity index (χ1) is 9.21. The van der Waals surface area contributed by atoms with Gasteiger partial charge < -0.3 is 10.4 Å². The van der Waals surface area contributed by atoms with Gasteiger partial charge in [0.25, 0.3) is 0 Å². The molecule has 3 nitrogen and oxygen atoms in total. The maximum Gasteiger partial charge on any atom is 0.133 e. The summed E-state index contributed by atoms with van der Waals surface area (Å²) in [5.74, 6) is 1.28. The van der Waals surface area contributed by atoms with E-state index in [9.17, 15) is 9.90 Å². The van der Waals surface area contributed by atoms with Crippen LogP contribution in [0.2, 0.25) is 0 Å². The molecule has 4 rings (SSSR count). The fourth-order valence-electron chi connectivity index (χ4n) is 4.83. The predicted molar refractivity (Wildman–Crippen MR) is 72.2 cm³/mol. The minimum absolute atomic E-state index is 0.0931. The third-order valence-corrected chi connectivity index (χ3v) is 5.49. The summed E-state index contributed by atoms with van der Waals surface area (Å²) in [6.45, 7) is 0.961. The zero-order chi connectivity index (χ0) is 13.0. The number of phenolic OH excluding ortho intramolecular Hbond substituents is 1. The van der Waals surface area contributed by atoms with E-state index >= 15 is 0 Å². The number of hydrogen-bond donors (Lipinski definition) is 2. The number of benzene rings is 1. The second kappa shape index (κ2) is 3.83. The number of aromatic hydroxyl groups is 1. The molecule has 1 aromatic rings. The lowest BCUT2D eigenvalue weighted by molar-refractivity contribution is -0.125. The Balaban J connectivity index is 1.95. The Kier molecular flexibility index (Phi) is 2.31. The summed E-state index contributed by atoms with van der Waals surface area (Å²) in [5.41, 5.74) is 2.23. The minimum Gasteiger partial charge on any atom is -0.508 e. The number of carbonyl (C=O) groups is 1. The molecular formula is C16H19NO2. The first kappa shape index (κ1) is 11.5. The van der Waals surface area contributed by atoms with Gasteiger partial charge in [0.2, 0.25) is 0 Å². The number of ketones is 1. The molecule has 2 bridgehead atoms. The van der Waals surface area contributed by atoms with Crippen LogP contribution < -0.4 is 5.32 Å². The maximum atomic E-state index is 12.0. The summed E-state index contributed by atoms with van der Waals surface area (Å²) in [7, 11) is 0. The standard InChI is InChI=1S/C16H19NO2/c18-11-4-5-12-13-8-10-2-1-3-14(19)15(10)16(12,9-11)6-7-17-13/h1-3,12-13,17,19H,4-9H2/t12-,13+,16-/m0/s1. The van der Waals surface area contributed by atoms with Gasteiger partial charge in [-0.2, -0.15) is 0 Å². The van der Waals surface area contributed by atoms with Crippen LogP contribution in [0.5, 0.6) is 5.75 Å². The number of rotatable bonds is 0. The average Bonchev–Trinajstić information content (AvgIpc) is 2.37. The fraction of sp³-hybridized carbons (Fsp3) is 0.562. The summed E-state index contributed by atoms with van der Waals surface area (Å²) in [5, 5.41) is 14.0. The summed E-state index contributed by atoms with van der Waals surface area (Å²) in [4.78, 5) is 12.0. The van der Waals surface area contributed by atoms with Crippen molar-refractivity contribution in [3.63, 3.8) is 0 Å². The Morgan fingerprint density at radius 1 is 1.37 bits per heavy atom. The first-order valence-electron chi connectivity index (χ1n) is 7.27. The Labute approximate surface area is 113 Å². The van der Waals surface area contributed by atoms with Crippen LogP contribution in [0.4, 0.5) is 0 Å². The summed E-state index contributed by atoms with van der Waals surface area (Å²) >= 11 is 0. The molecule has 3 atom stereocenters. The smallest absolute Gasteiger partial charge is 0.133 e. The molecule has 100 valence electrons. The van der Waals surface area contributed by atoms with Crippen molar-refractivity contribution in [2.75, 3.05) is 6.54 Å². The summed E-state index contributed by atoms with van der Waals surface area (Å²) < 4.78 is 0. The van der Waals surface area contributed by atoms with Gasteiger partial charge in [-0.15, -0.1) is 0 Å². The van der Waals surface area contributed by atoms with Gasteiger partial charge in [0.15, 0.2) is 0 Å². The van der Waals surface area contributed by atoms with E-state index in [2.05, 4.69) is 11.4 Å². The van der Waals surface area contributed by atoms with Gasteiger partial charge in [-0.25, -0.2) is 0 Å². The van der Waals surface area contributed by atoms with Crippen molar-refractivity contribution in [1.29, 1.82) is 0 Å². The van der Waals surface area contributed by atoms with Gasteiger partial charge in [0.05, 0.1) is 0 Å². The minimum atomic E-state index is -0.0931. The highest BCUT2D eigenvalue weighted by Crippen LogP contribution is 2.55. The van der Waals surface area contributed by atoms with E-state index in [1.165, 1.54) is 5.56 Å². The number of carbonyl (C=O) groups excluding carboxylic acids is 1. The highest BCUT2D eigenvalue weighted by molar-refractivity contribution is 5.82. The topological polar surface area (TPSA) is 49.3 Å². The fourth-order valence-corrected chi connectivity index (χ4v) is 4.83. The van der Waals surface area contributed by atoms with E-state index in [0.29, 0.717) is 36.3 Å². The average molecular weight is 257 g/mol. The van der Waals surface area contributed by atoms with Crippen LogP contribution in [0, 0.1) is 5.92 Å². The zero-order valence-corrected chi connectivity index (χ0v) is 11.0. The summed E-state index contributed by atoms with van der Waals surface area (Å²) in [6.07, 6.45) is 4.28. The van der Waals surface area contributed by atoms with E-state index in [0.717, 1.165) is 31.4 Å². The molecule has 2 N–H and O–H groups in total. The Morgan fingerprint density at radius 3 is 3.16 bits per heavy atom. The molecule has 3 heteroatoms. The van der Waals surface area contributed by atoms with Gasteiger partial charge in [0.1, 0.15) is 11.5 Å². The third kappa shape index (κ3) is 1.45. The second-order valence-corrected chi connectivity index (χ2v) is 6.34. The van der Waals surface area contributed by atoms with Crippen molar-refractivity contribution >= 4 is 5.78 Å². The van der Waals surface area contributed by atoms with Crippen LogP contribution in [0.3, 0.4) is 0 Å². The van der Waals surface area contributed by atoms with E-state index in [-0.39, 0.29) is 5.41 Å². The Morgan fingerprint density at radius 2 is 2.26 bits per heavy atom. The molecule has 2 fully saturated rings. The van der Waals surface area contributed by atoms with E-state index in [4.69, 9.17) is 0 Å². The number of hydrogen-bond acceptors (Lipinski definition) is 3. The number of phenols is 1. The number of nitrogens with one attached hydrogen (secondary N) is 1. The number of fused-ring (bicyclic) bond motifs is 1. The molecule has 0 amide bonds. The van der Waals surface area contributed by atoms with Crippen molar-refractivity contribution in [3.8, 4) is 5.75 Å². The van der Waals surface area contributed by atoms with E-state index < -0.39 is 0 Å². The van der Waals surface area contributed by atoms with Gasteiger partial charge >= 0.3 is 0 Å². The number of Topliss-reactive ketones (excluding diaryl/α,β-unsaturated/α-hetero) is 1. The molecular weight excluding hydrogens is 238 g/mol. The molecule has 0 spiro atoms. The molecule has 2 aliphatic carbocycles. The van der Waals surface area contributed by atoms with Crippen LogP contribution in [-0.4, -0.2) is 23.5 Å². The van der Waals surface area contributed by atoms with Crippen molar-refractivity contribution in [2.45, 2.75) is 43.6 Å². The summed E-state index contributed by atoms with van der Waals surface area (Å²) in [6, 6.07) is 6.31. The molecule has 1 saturated heterocycles. The molecule has 0 aromatic heterocycles. The highest BCUT2D eigenvalue weighted by Gasteiger charge is 2.54. The van der Waals surface area contributed by atoms with Gasteiger partial charge in [-0.05, 0) is 43.4 Å². The quantitative estimate of drug-likeness (QED) is 0.746. The molecule has 1 heterocycles. The normalized spacial score (nSPS) is 36.5. The van der Waals surface area contributed by atoms with Gasteiger partial charge in [-0.3, -0.25) is 4.79 Å². The van der Waals surface area contributed by atoms with Gasteiger partial charge in [0, 0.05) is 29.9 Å². The third-order valence-electron chi connectivity index (χ3n) is 5.49. The SMILES string of the molecule is O=C1CC[C@H]2[C@H]3Cc4cccc(O)c4[C@@]2(CCN3)C1. The molecule has 0 unspecified atom stereocenters. The molecule has 3 aliphatic rings. The molecule has 1 aliphatic heterocycles. The Bertz CT molecular complexity index is 554. The van der Waals surface area contributed by atoms with Crippen molar-refractivity contribution in [3.05, 3.63) is 29.3 Å². The van der Waals surface area contributed by atoms with Crippen molar-refractivity contribution in [1.82, 2.24) is 5.32 Å². The van der Waals surface area contributed by atoms with Crippen LogP contribution in [-0.2, 0) is 16.6 Å². The lowest BCUT2D eigenvalue weighted by Crippen LogP contribution is -2.60. The van der Waals surface area contributed by atoms with Crippen LogP contribution >= 0.6 is 0 Å². The highest BCUT2D eigenvalue weighted by atomic mass is 16.3. The second-order valence-electron chi connectivity index (χ2n) is 6.34. The lowest BCUT2D eigenvalue weighted by Gasteiger charge is -2.55. The van der Waals surface area contributed by atoms with Crippen LogP contribution in [0.25, 0.3) is 0 Å². The lowest BCUT2D eigenvalue weighted by atomic mass is 9.52. The van der Waals surface area contributed by atoms with Gasteiger partial charge in [-0.1, -0.05) is 12.1 Å². The molecule has 1 aromatic carbocycles. The first-order valence-corrected chi connectivity index (χ1v) is 7.27. The Hall–Kier alpha value is -1.35. The number of piperidine rings is 1. The van der Waals surface area contributed by atoms with E-state index in [1.807, 2.05) is 6.07 Å². The monoisotopic (exact) mass is 257 g/mol. The van der Waals surface area contributed by atoms with E-state index in [1.54, 1.807) is 6.07 Å². The predicted octanol–water partition coefficient (Wildman–Crippen LogP) is 1.92. The molecule has 19 heavy (non-hydrogen) atoms.